The van der Waals surface area contributed by atoms with Gasteiger partial charge in [-0.15, -0.1) is 20.5 Å². The van der Waals surface area contributed by atoms with E-state index in [9.17, 15) is 37.3 Å². The van der Waals surface area contributed by atoms with Gasteiger partial charge in [-0.3, -0.25) is 0 Å². The summed E-state index contributed by atoms with van der Waals surface area (Å²) in [6.45, 7) is 3.20. The Kier molecular flexibility index (Phi) is 14.1. The van der Waals surface area contributed by atoms with Crippen molar-refractivity contribution in [1.82, 2.24) is 29.0 Å². The number of nitrogens with one attached hydrogen (secondary N) is 2. The molecule has 0 aliphatic rings. The smallest absolute Gasteiger partial charge is 0.243 e. The summed E-state index contributed by atoms with van der Waals surface area (Å²) in [5.74, 6) is -1.20. The van der Waals surface area contributed by atoms with Gasteiger partial charge in [-0.05, 0) is 101 Å². The predicted molar refractivity (Wildman–Crippen MR) is 206 cm³/mol. The van der Waals surface area contributed by atoms with Crippen molar-refractivity contribution >= 4 is 42.8 Å². The number of aryl methyl sites for hydroxylation is 2. The summed E-state index contributed by atoms with van der Waals surface area (Å²) in [7, 11) is -4.93. The van der Waals surface area contributed by atoms with Crippen LogP contribution in [0.1, 0.15) is 22.5 Å². The number of rotatable bonds is 10. The molecule has 2 aromatic heterocycles. The van der Waals surface area contributed by atoms with Crippen molar-refractivity contribution in [3.05, 3.63) is 107 Å². The molecule has 0 saturated heterocycles. The minimum Gasteiger partial charge on any atom is -0.506 e. The molecule has 0 fully saturated rings. The van der Waals surface area contributed by atoms with Gasteiger partial charge in [0.25, 0.3) is 0 Å². The average molecular weight is 877 g/mol. The van der Waals surface area contributed by atoms with Crippen LogP contribution in [-0.2, 0) is 37.4 Å². The number of phenolic OH excluding ortho intramolecular Hbond substituents is 2. The zero-order valence-corrected chi connectivity index (χ0v) is 34.1. The Labute approximate surface area is 347 Å². The van der Waals surface area contributed by atoms with Crippen LogP contribution in [0, 0.1) is 36.5 Å². The Morgan fingerprint density at radius 1 is 0.593 bits per heavy atom. The van der Waals surface area contributed by atoms with Gasteiger partial charge in [-0.25, -0.2) is 26.3 Å². The summed E-state index contributed by atoms with van der Waals surface area (Å²) in [6.07, 6.45) is 0. The summed E-state index contributed by atoms with van der Waals surface area (Å²) < 4.78 is 54.4. The summed E-state index contributed by atoms with van der Waals surface area (Å²) >= 11 is 0. The monoisotopic (exact) mass is 876 g/mol. The van der Waals surface area contributed by atoms with E-state index in [-0.39, 0.29) is 73.2 Å². The van der Waals surface area contributed by atoms with Gasteiger partial charge in [0.1, 0.15) is 22.9 Å². The number of phenols is 2. The van der Waals surface area contributed by atoms with Crippen molar-refractivity contribution < 1.29 is 54.6 Å². The largest absolute Gasteiger partial charge is 0.506 e. The van der Waals surface area contributed by atoms with Gasteiger partial charge in [-0.2, -0.15) is 30.1 Å². The Bertz CT molecular complexity index is 2720. The molecule has 6 rings (SSSR count). The van der Waals surface area contributed by atoms with Crippen LogP contribution >= 0.6 is 0 Å². The van der Waals surface area contributed by atoms with Crippen molar-refractivity contribution in [3.8, 4) is 46.8 Å². The number of aromatic hydroxyl groups is 4. The fourth-order valence-electron chi connectivity index (χ4n) is 4.97. The van der Waals surface area contributed by atoms with Crippen LogP contribution in [0.25, 0.3) is 11.4 Å². The molecule has 59 heavy (non-hydrogen) atoms. The van der Waals surface area contributed by atoms with E-state index in [0.29, 0.717) is 33.9 Å². The van der Waals surface area contributed by atoms with Crippen LogP contribution in [0.4, 0.5) is 22.7 Å². The van der Waals surface area contributed by atoms with Crippen molar-refractivity contribution in [2.45, 2.75) is 23.6 Å². The number of sulfonamides is 2. The standard InChI is InChI=1S/2C18H16N6O4S.Cr/c2*1-11-17(18(26)24(23-11)13-5-3-4-12(8-13)10-19)22-21-15-9-14(6-7-16(15)25)29(27,28)20-2;/h2*3-9,20,25-26H,1-2H3;. The Morgan fingerprint density at radius 3 is 1.31 bits per heavy atom. The third-order valence-corrected chi connectivity index (χ3v) is 10.8. The first-order valence-electron chi connectivity index (χ1n) is 16.5. The van der Waals surface area contributed by atoms with Crippen LogP contribution in [-0.4, -0.2) is 70.9 Å². The van der Waals surface area contributed by atoms with E-state index >= 15 is 0 Å². The summed E-state index contributed by atoms with van der Waals surface area (Å²) in [4.78, 5) is -0.201. The maximum absolute atomic E-state index is 11.9. The van der Waals surface area contributed by atoms with E-state index in [1.807, 2.05) is 12.1 Å². The summed E-state index contributed by atoms with van der Waals surface area (Å²) in [6, 6.07) is 24.1. The molecule has 20 nitrogen and oxygen atoms in total. The number of hydrogen-bond acceptors (Lipinski definition) is 16. The molecule has 2 heterocycles. The second-order valence-corrected chi connectivity index (χ2v) is 15.6. The van der Waals surface area contributed by atoms with Gasteiger partial charge in [0.2, 0.25) is 31.8 Å². The first kappa shape index (κ1) is 44.7. The molecule has 302 valence electrons. The maximum Gasteiger partial charge on any atom is 0.243 e. The van der Waals surface area contributed by atoms with Crippen molar-refractivity contribution in [1.29, 1.82) is 10.5 Å². The molecule has 23 heteroatoms. The molecule has 0 saturated carbocycles. The molecule has 0 bridgehead atoms. The van der Waals surface area contributed by atoms with E-state index in [0.717, 1.165) is 12.1 Å². The SMILES string of the molecule is CNS(=O)(=O)c1ccc(O)c(N=Nc2c(C)nn(-c3cccc(C#N)c3)c2O)c1.CNS(=O)(=O)c1ccc(O)c(N=Nc2c(C)nn(-c3cccc(C#N)c3)c2O)c1.[Cr]. The zero-order valence-electron chi connectivity index (χ0n) is 31.2. The van der Waals surface area contributed by atoms with Crippen molar-refractivity contribution in [3.63, 3.8) is 0 Å². The van der Waals surface area contributed by atoms with Crippen LogP contribution in [0.2, 0.25) is 0 Å². The van der Waals surface area contributed by atoms with Crippen LogP contribution in [0.3, 0.4) is 0 Å². The third-order valence-electron chi connectivity index (χ3n) is 8.02. The molecule has 0 aliphatic heterocycles. The number of nitriles is 2. The van der Waals surface area contributed by atoms with Crippen molar-refractivity contribution in [2.24, 2.45) is 20.5 Å². The van der Waals surface area contributed by atoms with E-state index in [2.05, 4.69) is 40.1 Å². The Morgan fingerprint density at radius 2 is 0.966 bits per heavy atom. The quantitative estimate of drug-likeness (QED) is 0.0921. The molecule has 0 radical (unpaired) electrons. The molecule has 6 aromatic rings. The molecule has 0 atom stereocenters. The van der Waals surface area contributed by atoms with Gasteiger partial charge in [0, 0.05) is 17.4 Å². The maximum atomic E-state index is 11.9. The fourth-order valence-corrected chi connectivity index (χ4v) is 6.47. The van der Waals surface area contributed by atoms with Gasteiger partial charge < -0.3 is 20.4 Å². The van der Waals surface area contributed by atoms with Gasteiger partial charge in [-0.1, -0.05) is 12.1 Å². The average Bonchev–Trinajstić information content (AvgIpc) is 3.68. The van der Waals surface area contributed by atoms with Gasteiger partial charge in [0.05, 0.1) is 55.8 Å². The second kappa shape index (κ2) is 18.5. The zero-order chi connectivity index (χ0) is 42.4. The van der Waals surface area contributed by atoms with E-state index < -0.39 is 20.0 Å². The molecular formula is C36H32CrN12O8S2. The third kappa shape index (κ3) is 9.95. The van der Waals surface area contributed by atoms with Crippen molar-refractivity contribution in [2.75, 3.05) is 14.1 Å². The molecule has 4 aromatic carbocycles. The van der Waals surface area contributed by atoms with Crippen LogP contribution in [0.5, 0.6) is 23.3 Å². The van der Waals surface area contributed by atoms with Gasteiger partial charge in [0.15, 0.2) is 11.4 Å². The number of hydrogen-bond donors (Lipinski definition) is 6. The minimum atomic E-state index is -3.73. The summed E-state index contributed by atoms with van der Waals surface area (Å²) in [5, 5.41) is 82.9. The molecule has 0 aliphatic carbocycles. The number of benzene rings is 4. The Hall–Kier alpha value is -6.97. The van der Waals surface area contributed by atoms with Gasteiger partial charge >= 0.3 is 0 Å². The van der Waals surface area contributed by atoms with Crippen LogP contribution in [0.15, 0.2) is 115 Å². The number of aromatic nitrogens is 4. The first-order chi connectivity index (χ1) is 27.5. The molecule has 0 amide bonds. The first-order valence-corrected chi connectivity index (χ1v) is 19.4. The molecule has 6 N–H and O–H groups in total. The minimum absolute atomic E-state index is 0. The fraction of sp³-hybridized carbons (Fsp3) is 0.111. The number of nitrogens with zero attached hydrogens (tertiary/aromatic N) is 10. The molecule has 0 unspecified atom stereocenters. The van der Waals surface area contributed by atoms with E-state index in [4.69, 9.17) is 10.5 Å². The Balaban J connectivity index is 0.000000256. The number of azo groups is 2. The topological polar surface area (TPSA) is 306 Å². The van der Waals surface area contributed by atoms with Crippen LogP contribution < -0.4 is 9.44 Å². The van der Waals surface area contributed by atoms with E-state index in [1.165, 1.54) is 47.7 Å². The second-order valence-electron chi connectivity index (χ2n) is 11.8. The normalized spacial score (nSPS) is 11.4. The van der Waals surface area contributed by atoms with E-state index in [1.54, 1.807) is 62.4 Å². The molecular weight excluding hydrogens is 845 g/mol. The molecule has 0 spiro atoms. The summed E-state index contributed by atoms with van der Waals surface area (Å²) in [5.41, 5.74) is 2.25. The predicted octanol–water partition coefficient (Wildman–Crippen LogP) is 5.57.